The number of aromatic nitrogens is 1. The van der Waals surface area contributed by atoms with Gasteiger partial charge in [-0.3, -0.25) is 4.79 Å². The van der Waals surface area contributed by atoms with Crippen LogP contribution in [0.4, 0.5) is 5.13 Å². The highest BCUT2D eigenvalue weighted by Gasteiger charge is 2.35. The molecular weight excluding hydrogens is 444 g/mol. The lowest BCUT2D eigenvalue weighted by Crippen LogP contribution is -2.43. The number of piperidine rings is 1. The third-order valence-electron chi connectivity index (χ3n) is 5.28. The number of fused-ring (bicyclic) bond motifs is 2. The second-order valence-electron chi connectivity index (χ2n) is 7.29. The number of sulfonamides is 1. The maximum atomic E-state index is 12.9. The predicted octanol–water partition coefficient (Wildman–Crippen LogP) is 3.75. The zero-order valence-electron chi connectivity index (χ0n) is 15.7. The summed E-state index contributed by atoms with van der Waals surface area (Å²) < 4.78 is 29.6. The Morgan fingerprint density at radius 1 is 1.23 bits per heavy atom. The highest BCUT2D eigenvalue weighted by atomic mass is 35.5. The largest absolute Gasteiger partial charge is 0.355 e. The van der Waals surface area contributed by atoms with Gasteiger partial charge in [-0.1, -0.05) is 35.1 Å². The van der Waals surface area contributed by atoms with Gasteiger partial charge in [0, 0.05) is 23.7 Å². The van der Waals surface area contributed by atoms with Gasteiger partial charge in [-0.2, -0.15) is 8.42 Å². The van der Waals surface area contributed by atoms with E-state index in [0.29, 0.717) is 34.6 Å². The summed E-state index contributed by atoms with van der Waals surface area (Å²) in [5.74, 6) is 0.0184. The van der Waals surface area contributed by atoms with E-state index in [0.717, 1.165) is 23.1 Å². The Labute approximate surface area is 182 Å². The van der Waals surface area contributed by atoms with E-state index in [1.54, 1.807) is 30.3 Å². The van der Waals surface area contributed by atoms with Crippen molar-refractivity contribution in [1.29, 1.82) is 0 Å². The summed E-state index contributed by atoms with van der Waals surface area (Å²) >= 11 is 7.40. The maximum absolute atomic E-state index is 12.9. The molecule has 5 rings (SSSR count). The maximum Gasteiger partial charge on any atom is 0.285 e. The number of carbonyl (C=O) groups excluding carboxylic acids is 1. The number of likely N-dealkylation sites (tertiary alicyclic amines) is 1. The molecule has 1 N–H and O–H groups in total. The Morgan fingerprint density at radius 2 is 2.07 bits per heavy atom. The highest BCUT2D eigenvalue weighted by Crippen LogP contribution is 2.31. The molecule has 0 saturated carbocycles. The molecule has 0 aliphatic carbocycles. The summed E-state index contributed by atoms with van der Waals surface area (Å²) in [5.41, 5.74) is 1.38. The SMILES string of the molecule is O=C(Nc1nc2ccc(Cl)cc2s1)C1CCCN(C2=NS(=O)(=O)c3ccccc32)C1. The summed E-state index contributed by atoms with van der Waals surface area (Å²) in [4.78, 5) is 19.5. The van der Waals surface area contributed by atoms with Crippen molar-refractivity contribution in [3.8, 4) is 0 Å². The van der Waals surface area contributed by atoms with Crippen LogP contribution in [0.1, 0.15) is 18.4 Å². The van der Waals surface area contributed by atoms with Crippen LogP contribution in [-0.4, -0.2) is 43.1 Å². The molecule has 2 aliphatic rings. The molecule has 0 spiro atoms. The fourth-order valence-electron chi connectivity index (χ4n) is 3.86. The average molecular weight is 461 g/mol. The fourth-order valence-corrected chi connectivity index (χ4v) is 6.23. The standard InChI is InChI=1S/C20H17ClN4O3S2/c21-13-7-8-15-16(10-13)29-20(22-15)23-19(26)12-4-3-9-25(11-12)18-14-5-1-2-6-17(14)30(27,28)24-18/h1-2,5-8,10,12H,3-4,9,11H2,(H,22,23,26). The summed E-state index contributed by atoms with van der Waals surface area (Å²) in [6.07, 6.45) is 1.50. The van der Waals surface area contributed by atoms with Crippen molar-refractivity contribution in [3.63, 3.8) is 0 Å². The highest BCUT2D eigenvalue weighted by molar-refractivity contribution is 7.90. The Balaban J connectivity index is 1.35. The first-order chi connectivity index (χ1) is 14.4. The molecule has 3 heterocycles. The lowest BCUT2D eigenvalue weighted by molar-refractivity contribution is -0.121. The molecule has 2 aromatic carbocycles. The van der Waals surface area contributed by atoms with Crippen LogP contribution in [0, 0.1) is 5.92 Å². The van der Waals surface area contributed by atoms with Crippen molar-refractivity contribution in [1.82, 2.24) is 9.88 Å². The number of amides is 1. The van der Waals surface area contributed by atoms with E-state index in [1.807, 2.05) is 17.0 Å². The smallest absolute Gasteiger partial charge is 0.285 e. The van der Waals surface area contributed by atoms with Crippen molar-refractivity contribution >= 4 is 60.1 Å². The summed E-state index contributed by atoms with van der Waals surface area (Å²) in [6, 6.07) is 12.2. The van der Waals surface area contributed by atoms with E-state index in [1.165, 1.54) is 11.3 Å². The lowest BCUT2D eigenvalue weighted by Gasteiger charge is -2.33. The number of anilines is 1. The van der Waals surface area contributed by atoms with Gasteiger partial charge in [-0.05, 0) is 43.2 Å². The number of thiazole rings is 1. The first kappa shape index (κ1) is 19.5. The average Bonchev–Trinajstić information content (AvgIpc) is 3.25. The predicted molar refractivity (Wildman–Crippen MR) is 118 cm³/mol. The van der Waals surface area contributed by atoms with Gasteiger partial charge in [0.25, 0.3) is 10.0 Å². The van der Waals surface area contributed by atoms with Gasteiger partial charge in [0.2, 0.25) is 5.91 Å². The third kappa shape index (κ3) is 3.46. The Bertz CT molecular complexity index is 1300. The zero-order valence-corrected chi connectivity index (χ0v) is 18.1. The molecule has 2 aliphatic heterocycles. The number of hydrogen-bond donors (Lipinski definition) is 1. The van der Waals surface area contributed by atoms with Crippen LogP contribution < -0.4 is 5.32 Å². The molecule has 1 fully saturated rings. The normalized spacial score (nSPS) is 20.1. The van der Waals surface area contributed by atoms with Crippen molar-refractivity contribution in [3.05, 3.63) is 53.1 Å². The molecule has 1 unspecified atom stereocenters. The molecule has 0 radical (unpaired) electrons. The number of amidine groups is 1. The van der Waals surface area contributed by atoms with Crippen LogP contribution in [0.15, 0.2) is 51.8 Å². The molecule has 1 aromatic heterocycles. The van der Waals surface area contributed by atoms with Crippen molar-refractivity contribution in [2.45, 2.75) is 17.7 Å². The van der Waals surface area contributed by atoms with Crippen molar-refractivity contribution < 1.29 is 13.2 Å². The Hall–Kier alpha value is -2.49. The molecule has 0 bridgehead atoms. The number of rotatable bonds is 2. The number of benzene rings is 2. The second kappa shape index (κ2) is 7.33. The lowest BCUT2D eigenvalue weighted by atomic mass is 9.96. The van der Waals surface area contributed by atoms with Crippen molar-refractivity contribution in [2.75, 3.05) is 18.4 Å². The summed E-state index contributed by atoms with van der Waals surface area (Å²) in [5, 5.41) is 4.06. The number of carbonyl (C=O) groups is 1. The Morgan fingerprint density at radius 3 is 2.93 bits per heavy atom. The van der Waals surface area contributed by atoms with E-state index in [4.69, 9.17) is 11.6 Å². The van der Waals surface area contributed by atoms with E-state index >= 15 is 0 Å². The van der Waals surface area contributed by atoms with Crippen LogP contribution in [0.3, 0.4) is 0 Å². The number of nitrogens with zero attached hydrogens (tertiary/aromatic N) is 3. The van der Waals surface area contributed by atoms with E-state index in [9.17, 15) is 13.2 Å². The molecule has 1 amide bonds. The van der Waals surface area contributed by atoms with Crippen LogP contribution in [0.2, 0.25) is 5.02 Å². The monoisotopic (exact) mass is 460 g/mol. The van der Waals surface area contributed by atoms with Crippen LogP contribution >= 0.6 is 22.9 Å². The minimum Gasteiger partial charge on any atom is -0.355 e. The van der Waals surface area contributed by atoms with E-state index in [2.05, 4.69) is 14.7 Å². The summed E-state index contributed by atoms with van der Waals surface area (Å²) in [7, 11) is -3.68. The van der Waals surface area contributed by atoms with Crippen molar-refractivity contribution in [2.24, 2.45) is 10.3 Å². The van der Waals surface area contributed by atoms with Crippen LogP contribution in [-0.2, 0) is 14.8 Å². The number of halogens is 1. The fraction of sp³-hybridized carbons (Fsp3) is 0.250. The quantitative estimate of drug-likeness (QED) is 0.628. The molecule has 154 valence electrons. The molecule has 10 heteroatoms. The topological polar surface area (TPSA) is 91.7 Å². The van der Waals surface area contributed by atoms with Gasteiger partial charge in [0.1, 0.15) is 4.90 Å². The van der Waals surface area contributed by atoms with E-state index < -0.39 is 10.0 Å². The van der Waals surface area contributed by atoms with Gasteiger partial charge in [-0.25, -0.2) is 4.98 Å². The molecule has 1 saturated heterocycles. The number of nitrogens with one attached hydrogen (secondary N) is 1. The molecule has 30 heavy (non-hydrogen) atoms. The zero-order chi connectivity index (χ0) is 20.9. The summed E-state index contributed by atoms with van der Waals surface area (Å²) in [6.45, 7) is 1.07. The van der Waals surface area contributed by atoms with Gasteiger partial charge in [-0.15, -0.1) is 4.40 Å². The minimum atomic E-state index is -3.68. The van der Waals surface area contributed by atoms with Gasteiger partial charge >= 0.3 is 0 Å². The number of hydrogen-bond acceptors (Lipinski definition) is 6. The second-order valence-corrected chi connectivity index (χ2v) is 10.3. The van der Waals surface area contributed by atoms with Gasteiger partial charge in [0.05, 0.1) is 16.1 Å². The first-order valence-electron chi connectivity index (χ1n) is 9.47. The minimum absolute atomic E-state index is 0.125. The van der Waals surface area contributed by atoms with Crippen LogP contribution in [0.25, 0.3) is 10.2 Å². The van der Waals surface area contributed by atoms with Crippen LogP contribution in [0.5, 0.6) is 0 Å². The third-order valence-corrected chi connectivity index (χ3v) is 7.78. The molecular formula is C20H17ClN4O3S2. The van der Waals surface area contributed by atoms with Gasteiger partial charge in [0.15, 0.2) is 11.0 Å². The first-order valence-corrected chi connectivity index (χ1v) is 12.1. The molecule has 3 aromatic rings. The Kier molecular flexibility index (Phi) is 4.76. The molecule has 7 nitrogen and oxygen atoms in total. The molecule has 1 atom stereocenters. The van der Waals surface area contributed by atoms with Gasteiger partial charge < -0.3 is 10.2 Å². The van der Waals surface area contributed by atoms with E-state index in [-0.39, 0.29) is 16.7 Å².